The van der Waals surface area contributed by atoms with Gasteiger partial charge in [-0.1, -0.05) is 6.42 Å². The van der Waals surface area contributed by atoms with E-state index >= 15 is 0 Å². The summed E-state index contributed by atoms with van der Waals surface area (Å²) in [6.07, 6.45) is 4.02. The molecule has 1 aromatic heterocycles. The molecule has 1 heterocycles. The Bertz CT molecular complexity index is 347. The average Bonchev–Trinajstić information content (AvgIpc) is 2.62. The van der Waals surface area contributed by atoms with E-state index in [1.807, 2.05) is 11.3 Å². The highest BCUT2D eigenvalue weighted by molar-refractivity contribution is 9.10. The van der Waals surface area contributed by atoms with Crippen molar-refractivity contribution in [1.29, 1.82) is 0 Å². The summed E-state index contributed by atoms with van der Waals surface area (Å²) in [7, 11) is 4.13. The van der Waals surface area contributed by atoms with E-state index in [1.165, 1.54) is 28.6 Å². The highest BCUT2D eigenvalue weighted by Gasteiger charge is 2.44. The molecule has 1 aromatic rings. The minimum Gasteiger partial charge on any atom is -0.319 e. The predicted molar refractivity (Wildman–Crippen MR) is 74.0 cm³/mol. The minimum absolute atomic E-state index is 0.424. The lowest BCUT2D eigenvalue weighted by Gasteiger charge is -2.47. The molecule has 1 atom stereocenters. The topological polar surface area (TPSA) is 24.1 Å². The van der Waals surface area contributed by atoms with Gasteiger partial charge in [-0.2, -0.15) is 0 Å². The summed E-state index contributed by atoms with van der Waals surface area (Å²) >= 11 is 5.39. The highest BCUT2D eigenvalue weighted by Crippen LogP contribution is 2.50. The van der Waals surface area contributed by atoms with Crippen molar-refractivity contribution in [3.8, 4) is 0 Å². The monoisotopic (exact) mass is 302 g/mol. The second kappa shape index (κ2) is 5.17. The van der Waals surface area contributed by atoms with Gasteiger partial charge in [0.25, 0.3) is 0 Å². The van der Waals surface area contributed by atoms with Crippen molar-refractivity contribution in [2.24, 2.45) is 5.41 Å². The van der Waals surface area contributed by atoms with Crippen LogP contribution in [0.4, 0.5) is 0 Å². The van der Waals surface area contributed by atoms with Crippen molar-refractivity contribution in [2.75, 3.05) is 20.6 Å². The van der Waals surface area contributed by atoms with E-state index < -0.39 is 0 Å². The van der Waals surface area contributed by atoms with Crippen LogP contribution >= 0.6 is 27.3 Å². The predicted octanol–water partition coefficient (Wildman–Crippen LogP) is 3.16. The van der Waals surface area contributed by atoms with E-state index in [-0.39, 0.29) is 0 Å². The molecule has 1 aliphatic carbocycles. The van der Waals surface area contributed by atoms with Crippen LogP contribution in [0.5, 0.6) is 0 Å². The van der Waals surface area contributed by atoms with Crippen LogP contribution in [0.1, 0.15) is 30.2 Å². The van der Waals surface area contributed by atoms with Crippen LogP contribution in [0.2, 0.25) is 0 Å². The molecule has 1 aliphatic rings. The summed E-state index contributed by atoms with van der Waals surface area (Å²) in [5.41, 5.74) is 0.424. The third-order valence-corrected chi connectivity index (χ3v) is 5.41. The summed E-state index contributed by atoms with van der Waals surface area (Å²) < 4.78 is 1.20. The maximum Gasteiger partial charge on any atom is 0.0482 e. The quantitative estimate of drug-likeness (QED) is 0.873. The second-order valence-corrected chi connectivity index (χ2v) is 6.49. The molecule has 2 N–H and O–H groups in total. The van der Waals surface area contributed by atoms with Crippen molar-refractivity contribution < 1.29 is 0 Å². The molecule has 4 heteroatoms. The molecule has 16 heavy (non-hydrogen) atoms. The Morgan fingerprint density at radius 3 is 2.62 bits per heavy atom. The van der Waals surface area contributed by atoms with Gasteiger partial charge in [-0.3, -0.25) is 0 Å². The van der Waals surface area contributed by atoms with Gasteiger partial charge in [0.2, 0.25) is 0 Å². The van der Waals surface area contributed by atoms with E-state index in [2.05, 4.69) is 52.1 Å². The van der Waals surface area contributed by atoms with Gasteiger partial charge in [0.05, 0.1) is 0 Å². The Morgan fingerprint density at radius 1 is 1.50 bits per heavy atom. The Labute approximate surface area is 110 Å². The number of hydrogen-bond donors (Lipinski definition) is 2. The molecular formula is C12H19BrN2S. The van der Waals surface area contributed by atoms with Crippen LogP contribution < -0.4 is 10.6 Å². The standard InChI is InChI=1S/C12H19BrN2S/c1-14-8-12(4-3-5-12)11(15-2)10-6-9(13)7-16-10/h6-7,11,14-15H,3-5,8H2,1-2H3. The van der Waals surface area contributed by atoms with Crippen LogP contribution in [0.25, 0.3) is 0 Å². The summed E-state index contributed by atoms with van der Waals surface area (Å²) in [4.78, 5) is 1.45. The first-order chi connectivity index (χ1) is 7.72. The molecule has 0 saturated heterocycles. The van der Waals surface area contributed by atoms with Crippen LogP contribution in [-0.4, -0.2) is 20.6 Å². The zero-order valence-corrected chi connectivity index (χ0v) is 12.2. The van der Waals surface area contributed by atoms with Gasteiger partial charge in [0, 0.05) is 32.7 Å². The molecule has 0 radical (unpaired) electrons. The third-order valence-electron chi connectivity index (χ3n) is 3.65. The van der Waals surface area contributed by atoms with E-state index in [1.54, 1.807) is 0 Å². The van der Waals surface area contributed by atoms with E-state index in [0.29, 0.717) is 11.5 Å². The maximum absolute atomic E-state index is 3.54. The van der Waals surface area contributed by atoms with Crippen molar-refractivity contribution in [1.82, 2.24) is 10.6 Å². The van der Waals surface area contributed by atoms with Crippen LogP contribution in [0.3, 0.4) is 0 Å². The SMILES string of the molecule is CNCC1(C(NC)c2cc(Br)cs2)CCC1. The van der Waals surface area contributed by atoms with E-state index in [9.17, 15) is 0 Å². The zero-order valence-electron chi connectivity index (χ0n) is 9.85. The van der Waals surface area contributed by atoms with Crippen LogP contribution in [0, 0.1) is 5.41 Å². The molecule has 90 valence electrons. The normalized spacial score (nSPS) is 20.4. The Balaban J connectivity index is 2.20. The van der Waals surface area contributed by atoms with Gasteiger partial charge in [-0.05, 0) is 48.9 Å². The summed E-state index contributed by atoms with van der Waals surface area (Å²) in [5, 5.41) is 9.04. The number of nitrogens with one attached hydrogen (secondary N) is 2. The molecule has 0 aliphatic heterocycles. The second-order valence-electron chi connectivity index (χ2n) is 4.64. The molecule has 1 saturated carbocycles. The largest absolute Gasteiger partial charge is 0.319 e. The summed E-state index contributed by atoms with van der Waals surface area (Å²) in [5.74, 6) is 0. The number of rotatable bonds is 5. The number of halogens is 1. The molecular weight excluding hydrogens is 284 g/mol. The number of thiophene rings is 1. The fourth-order valence-corrected chi connectivity index (χ4v) is 4.47. The van der Waals surface area contributed by atoms with Gasteiger partial charge in [0.1, 0.15) is 0 Å². The molecule has 1 fully saturated rings. The average molecular weight is 303 g/mol. The van der Waals surface area contributed by atoms with Crippen molar-refractivity contribution in [3.05, 3.63) is 20.8 Å². The Morgan fingerprint density at radius 2 is 2.25 bits per heavy atom. The fourth-order valence-electron chi connectivity index (χ4n) is 2.78. The first kappa shape index (κ1) is 12.6. The highest BCUT2D eigenvalue weighted by atomic mass is 79.9. The minimum atomic E-state index is 0.424. The molecule has 1 unspecified atom stereocenters. The molecule has 0 amide bonds. The first-order valence-corrected chi connectivity index (χ1v) is 7.45. The lowest BCUT2D eigenvalue weighted by Crippen LogP contribution is -2.47. The van der Waals surface area contributed by atoms with Gasteiger partial charge >= 0.3 is 0 Å². The van der Waals surface area contributed by atoms with Crippen molar-refractivity contribution >= 4 is 27.3 Å². The van der Waals surface area contributed by atoms with Crippen LogP contribution in [-0.2, 0) is 0 Å². The van der Waals surface area contributed by atoms with E-state index in [0.717, 1.165) is 6.54 Å². The van der Waals surface area contributed by atoms with Crippen molar-refractivity contribution in [3.63, 3.8) is 0 Å². The third kappa shape index (κ3) is 2.21. The Kier molecular flexibility index (Phi) is 4.06. The van der Waals surface area contributed by atoms with Crippen molar-refractivity contribution in [2.45, 2.75) is 25.3 Å². The summed E-state index contributed by atoms with van der Waals surface area (Å²) in [6, 6.07) is 2.74. The van der Waals surface area contributed by atoms with E-state index in [4.69, 9.17) is 0 Å². The molecule has 2 nitrogen and oxygen atoms in total. The van der Waals surface area contributed by atoms with Gasteiger partial charge < -0.3 is 10.6 Å². The zero-order chi connectivity index (χ0) is 11.6. The number of hydrogen-bond acceptors (Lipinski definition) is 3. The molecule has 0 bridgehead atoms. The Hall–Kier alpha value is 0.1000. The lowest BCUT2D eigenvalue weighted by molar-refractivity contribution is 0.0806. The smallest absolute Gasteiger partial charge is 0.0482 e. The molecule has 2 rings (SSSR count). The fraction of sp³-hybridized carbons (Fsp3) is 0.667. The van der Waals surface area contributed by atoms with Crippen LogP contribution in [0.15, 0.2) is 15.9 Å². The van der Waals surface area contributed by atoms with Gasteiger partial charge in [-0.25, -0.2) is 0 Å². The van der Waals surface area contributed by atoms with Gasteiger partial charge in [0.15, 0.2) is 0 Å². The first-order valence-electron chi connectivity index (χ1n) is 5.78. The molecule has 0 aromatic carbocycles. The maximum atomic E-state index is 3.54. The summed E-state index contributed by atoms with van der Waals surface area (Å²) in [6.45, 7) is 1.11. The molecule has 0 spiro atoms. The van der Waals surface area contributed by atoms with Gasteiger partial charge in [-0.15, -0.1) is 11.3 Å². The lowest BCUT2D eigenvalue weighted by atomic mass is 9.63.